The summed E-state index contributed by atoms with van der Waals surface area (Å²) in [5, 5.41) is 6.78. The number of aromatic nitrogens is 2. The summed E-state index contributed by atoms with van der Waals surface area (Å²) in [7, 11) is 2.10. The summed E-state index contributed by atoms with van der Waals surface area (Å²) in [4.78, 5) is 10.9. The van der Waals surface area contributed by atoms with Crippen molar-refractivity contribution in [3.05, 3.63) is 12.4 Å². The summed E-state index contributed by atoms with van der Waals surface area (Å²) in [6.07, 6.45) is 2.88. The van der Waals surface area contributed by atoms with Crippen molar-refractivity contribution in [2.24, 2.45) is 5.92 Å². The fourth-order valence-electron chi connectivity index (χ4n) is 2.36. The molecule has 0 amide bonds. The fraction of sp³-hybridized carbons (Fsp3) is 0.714. The van der Waals surface area contributed by atoms with Gasteiger partial charge in [-0.2, -0.15) is 0 Å². The first-order valence-electron chi connectivity index (χ1n) is 6.96. The number of nitrogens with one attached hydrogen (secondary N) is 2. The van der Waals surface area contributed by atoms with Crippen LogP contribution in [-0.2, 0) is 0 Å². The summed E-state index contributed by atoms with van der Waals surface area (Å²) in [6.45, 7) is 9.68. The molecule has 1 atom stereocenters. The summed E-state index contributed by atoms with van der Waals surface area (Å²) in [6, 6.07) is 2.02. The van der Waals surface area contributed by atoms with Crippen molar-refractivity contribution in [2.75, 3.05) is 36.9 Å². The second kappa shape index (κ2) is 5.74. The highest BCUT2D eigenvalue weighted by atomic mass is 15.2. The highest BCUT2D eigenvalue weighted by Crippen LogP contribution is 2.18. The second-order valence-electron chi connectivity index (χ2n) is 6.38. The van der Waals surface area contributed by atoms with Gasteiger partial charge in [-0.25, -0.2) is 9.97 Å². The van der Waals surface area contributed by atoms with Crippen LogP contribution in [-0.4, -0.2) is 42.2 Å². The zero-order chi connectivity index (χ0) is 13.9. The molecule has 0 spiro atoms. The van der Waals surface area contributed by atoms with Gasteiger partial charge in [-0.3, -0.25) is 0 Å². The fourth-order valence-corrected chi connectivity index (χ4v) is 2.36. The van der Waals surface area contributed by atoms with Crippen molar-refractivity contribution in [3.8, 4) is 0 Å². The number of anilines is 2. The molecule has 5 nitrogen and oxygen atoms in total. The Bertz CT molecular complexity index is 407. The Balaban J connectivity index is 2.00. The quantitative estimate of drug-likeness (QED) is 0.866. The molecule has 0 aromatic carbocycles. The van der Waals surface area contributed by atoms with Crippen LogP contribution < -0.4 is 15.5 Å². The predicted octanol–water partition coefficient (Wildman–Crippen LogP) is 1.73. The Morgan fingerprint density at radius 3 is 2.84 bits per heavy atom. The molecular weight excluding hydrogens is 238 g/mol. The molecule has 1 saturated heterocycles. The Hall–Kier alpha value is -1.36. The van der Waals surface area contributed by atoms with Crippen molar-refractivity contribution < 1.29 is 0 Å². The van der Waals surface area contributed by atoms with E-state index in [-0.39, 0.29) is 5.54 Å². The van der Waals surface area contributed by atoms with E-state index < -0.39 is 0 Å². The minimum absolute atomic E-state index is 0.0135. The molecule has 1 fully saturated rings. The highest BCUT2D eigenvalue weighted by molar-refractivity contribution is 5.48. The molecule has 1 unspecified atom stereocenters. The normalized spacial score (nSPS) is 19.5. The molecule has 19 heavy (non-hydrogen) atoms. The van der Waals surface area contributed by atoms with Crippen molar-refractivity contribution in [2.45, 2.75) is 32.7 Å². The second-order valence-corrected chi connectivity index (χ2v) is 6.38. The molecule has 1 aromatic rings. The Morgan fingerprint density at radius 2 is 2.21 bits per heavy atom. The number of rotatable bonds is 4. The first-order valence-corrected chi connectivity index (χ1v) is 6.96. The number of nitrogens with zero attached hydrogens (tertiary/aromatic N) is 3. The van der Waals surface area contributed by atoms with Crippen LogP contribution in [0.15, 0.2) is 12.4 Å². The molecule has 106 valence electrons. The Kier molecular flexibility index (Phi) is 4.24. The van der Waals surface area contributed by atoms with Crippen molar-refractivity contribution in [1.82, 2.24) is 15.3 Å². The minimum Gasteiger partial charge on any atom is -0.365 e. The molecule has 0 radical (unpaired) electrons. The lowest BCUT2D eigenvalue weighted by molar-refractivity contribution is 0.575. The van der Waals surface area contributed by atoms with Gasteiger partial charge in [0, 0.05) is 25.2 Å². The van der Waals surface area contributed by atoms with Crippen LogP contribution in [0.1, 0.15) is 27.2 Å². The molecule has 0 aliphatic carbocycles. The van der Waals surface area contributed by atoms with E-state index in [4.69, 9.17) is 0 Å². The van der Waals surface area contributed by atoms with Gasteiger partial charge in [-0.15, -0.1) is 0 Å². The van der Waals surface area contributed by atoms with Gasteiger partial charge >= 0.3 is 0 Å². The van der Waals surface area contributed by atoms with Crippen molar-refractivity contribution >= 4 is 11.6 Å². The minimum atomic E-state index is 0.0135. The maximum absolute atomic E-state index is 4.37. The van der Waals surface area contributed by atoms with Gasteiger partial charge < -0.3 is 15.5 Å². The maximum atomic E-state index is 4.37. The van der Waals surface area contributed by atoms with Gasteiger partial charge in [-0.05, 0) is 46.2 Å². The van der Waals surface area contributed by atoms with Crippen molar-refractivity contribution in [3.63, 3.8) is 0 Å². The maximum Gasteiger partial charge on any atom is 0.133 e. The zero-order valence-electron chi connectivity index (χ0n) is 12.4. The number of hydrogen-bond acceptors (Lipinski definition) is 5. The largest absolute Gasteiger partial charge is 0.365 e. The first-order chi connectivity index (χ1) is 8.94. The summed E-state index contributed by atoms with van der Waals surface area (Å²) < 4.78 is 0. The molecule has 1 aliphatic rings. The van der Waals surface area contributed by atoms with Crippen LogP contribution in [0.4, 0.5) is 11.6 Å². The van der Waals surface area contributed by atoms with E-state index in [1.807, 2.05) is 6.07 Å². The van der Waals surface area contributed by atoms with E-state index in [1.54, 1.807) is 6.33 Å². The van der Waals surface area contributed by atoms with Gasteiger partial charge in [0.05, 0.1) is 0 Å². The molecular formula is C14H25N5. The van der Waals surface area contributed by atoms with E-state index in [1.165, 1.54) is 6.42 Å². The van der Waals surface area contributed by atoms with Crippen LogP contribution >= 0.6 is 0 Å². The third-order valence-electron chi connectivity index (χ3n) is 3.24. The summed E-state index contributed by atoms with van der Waals surface area (Å²) in [5.41, 5.74) is 0.0135. The topological polar surface area (TPSA) is 53.1 Å². The molecule has 0 bridgehead atoms. The van der Waals surface area contributed by atoms with Crippen LogP contribution in [0.2, 0.25) is 0 Å². The van der Waals surface area contributed by atoms with Crippen LogP contribution in [0.5, 0.6) is 0 Å². The monoisotopic (exact) mass is 263 g/mol. The molecule has 2 N–H and O–H groups in total. The standard InChI is InChI=1S/C14H25N5/c1-14(2,3)18-12-7-13(17-10-16-12)19(4)9-11-5-6-15-8-11/h7,10-11,15H,5-6,8-9H2,1-4H3,(H,16,17,18). The molecule has 0 saturated carbocycles. The third kappa shape index (κ3) is 4.35. The van der Waals surface area contributed by atoms with E-state index in [9.17, 15) is 0 Å². The van der Waals surface area contributed by atoms with E-state index in [0.717, 1.165) is 37.2 Å². The van der Waals surface area contributed by atoms with Gasteiger partial charge in [-0.1, -0.05) is 0 Å². The lowest BCUT2D eigenvalue weighted by atomic mass is 10.1. The SMILES string of the molecule is CN(CC1CCNC1)c1cc(NC(C)(C)C)ncn1. The summed E-state index contributed by atoms with van der Waals surface area (Å²) in [5.74, 6) is 2.58. The lowest BCUT2D eigenvalue weighted by Gasteiger charge is -2.24. The van der Waals surface area contributed by atoms with E-state index in [0.29, 0.717) is 0 Å². The molecule has 1 aliphatic heterocycles. The number of hydrogen-bond donors (Lipinski definition) is 2. The van der Waals surface area contributed by atoms with Crippen molar-refractivity contribution in [1.29, 1.82) is 0 Å². The van der Waals surface area contributed by atoms with Crippen LogP contribution in [0.3, 0.4) is 0 Å². The smallest absolute Gasteiger partial charge is 0.133 e. The molecule has 5 heteroatoms. The van der Waals surface area contributed by atoms with Gasteiger partial charge in [0.15, 0.2) is 0 Å². The zero-order valence-corrected chi connectivity index (χ0v) is 12.4. The average molecular weight is 263 g/mol. The summed E-state index contributed by atoms with van der Waals surface area (Å²) >= 11 is 0. The molecule has 2 heterocycles. The van der Waals surface area contributed by atoms with E-state index in [2.05, 4.69) is 53.3 Å². The van der Waals surface area contributed by atoms with Gasteiger partial charge in [0.25, 0.3) is 0 Å². The lowest BCUT2D eigenvalue weighted by Crippen LogP contribution is -2.29. The Morgan fingerprint density at radius 1 is 1.42 bits per heavy atom. The van der Waals surface area contributed by atoms with Gasteiger partial charge in [0.2, 0.25) is 0 Å². The van der Waals surface area contributed by atoms with Crippen LogP contribution in [0, 0.1) is 5.92 Å². The molecule has 2 rings (SSSR count). The first kappa shape index (κ1) is 14.1. The molecule has 1 aromatic heterocycles. The van der Waals surface area contributed by atoms with E-state index >= 15 is 0 Å². The van der Waals surface area contributed by atoms with Crippen LogP contribution in [0.25, 0.3) is 0 Å². The average Bonchev–Trinajstić information content (AvgIpc) is 2.80. The highest BCUT2D eigenvalue weighted by Gasteiger charge is 2.18. The predicted molar refractivity (Wildman–Crippen MR) is 79.7 cm³/mol. The Labute approximate surface area is 115 Å². The third-order valence-corrected chi connectivity index (χ3v) is 3.24. The van der Waals surface area contributed by atoms with Gasteiger partial charge in [0.1, 0.15) is 18.0 Å².